The van der Waals surface area contributed by atoms with Gasteiger partial charge < -0.3 is 9.16 Å². The fourth-order valence-corrected chi connectivity index (χ4v) is 8.59. The Morgan fingerprint density at radius 3 is 1.81 bits per heavy atom. The highest BCUT2D eigenvalue weighted by Crippen LogP contribution is 2.38. The van der Waals surface area contributed by atoms with Gasteiger partial charge in [-0.15, -0.1) is 0 Å². The van der Waals surface area contributed by atoms with Crippen molar-refractivity contribution < 1.29 is 14.0 Å². The van der Waals surface area contributed by atoms with E-state index in [0.717, 1.165) is 0 Å². The highest BCUT2D eigenvalue weighted by Gasteiger charge is 2.51. The van der Waals surface area contributed by atoms with Crippen LogP contribution in [0.1, 0.15) is 34.6 Å². The summed E-state index contributed by atoms with van der Waals surface area (Å²) in [7, 11) is -2.68. The molecule has 0 unspecified atom stereocenters. The Labute approximate surface area is 172 Å². The molecule has 27 heavy (non-hydrogen) atoms. The van der Waals surface area contributed by atoms with Gasteiger partial charge in [0.1, 0.15) is 4.83 Å². The normalized spacial score (nSPS) is 14.4. The van der Waals surface area contributed by atoms with Gasteiger partial charge in [-0.3, -0.25) is 4.79 Å². The van der Waals surface area contributed by atoms with Crippen molar-refractivity contribution in [2.24, 2.45) is 0 Å². The molecular formula is C22H29BrO3Si. The third kappa shape index (κ3) is 4.70. The summed E-state index contributed by atoms with van der Waals surface area (Å²) < 4.78 is 12.1. The summed E-state index contributed by atoms with van der Waals surface area (Å²) in [6.07, 6.45) is -0.338. The van der Waals surface area contributed by atoms with Crippen molar-refractivity contribution in [3.63, 3.8) is 0 Å². The Hall–Kier alpha value is -1.43. The molecule has 0 amide bonds. The quantitative estimate of drug-likeness (QED) is 0.360. The lowest BCUT2D eigenvalue weighted by Gasteiger charge is -2.45. The van der Waals surface area contributed by atoms with Crippen LogP contribution >= 0.6 is 15.9 Å². The van der Waals surface area contributed by atoms with E-state index in [1.807, 2.05) is 26.0 Å². The number of hydrogen-bond acceptors (Lipinski definition) is 3. The first kappa shape index (κ1) is 21.9. The van der Waals surface area contributed by atoms with Gasteiger partial charge in [0, 0.05) is 0 Å². The van der Waals surface area contributed by atoms with Crippen LogP contribution in [0.25, 0.3) is 0 Å². The summed E-state index contributed by atoms with van der Waals surface area (Å²) in [5.41, 5.74) is 0. The molecule has 5 heteroatoms. The molecule has 2 aromatic rings. The van der Waals surface area contributed by atoms with Crippen LogP contribution in [-0.4, -0.2) is 31.8 Å². The number of alkyl halides is 1. The Morgan fingerprint density at radius 2 is 1.44 bits per heavy atom. The topological polar surface area (TPSA) is 35.5 Å². The molecule has 0 radical (unpaired) electrons. The zero-order valence-electron chi connectivity index (χ0n) is 16.7. The van der Waals surface area contributed by atoms with E-state index in [2.05, 4.69) is 85.2 Å². The molecule has 146 valence electrons. The number of hydrogen-bond donors (Lipinski definition) is 0. The number of carbonyl (C=O) groups excluding carboxylic acids is 1. The van der Waals surface area contributed by atoms with Crippen molar-refractivity contribution in [2.45, 2.75) is 50.6 Å². The molecule has 0 N–H and O–H groups in total. The number of carbonyl (C=O) groups is 1. The van der Waals surface area contributed by atoms with Gasteiger partial charge in [0.05, 0.1) is 12.7 Å². The number of ether oxygens (including phenoxy) is 1. The minimum atomic E-state index is -2.68. The van der Waals surface area contributed by atoms with Gasteiger partial charge in [-0.25, -0.2) is 0 Å². The van der Waals surface area contributed by atoms with Crippen LogP contribution in [0.15, 0.2) is 60.7 Å². The van der Waals surface area contributed by atoms with Crippen LogP contribution in [0.4, 0.5) is 0 Å². The van der Waals surface area contributed by atoms with Crippen molar-refractivity contribution in [3.8, 4) is 0 Å². The zero-order valence-corrected chi connectivity index (χ0v) is 19.3. The first-order valence-electron chi connectivity index (χ1n) is 9.33. The summed E-state index contributed by atoms with van der Waals surface area (Å²) in [5.74, 6) is -0.289. The average molecular weight is 449 g/mol. The highest BCUT2D eigenvalue weighted by molar-refractivity contribution is 9.10. The highest BCUT2D eigenvalue weighted by atomic mass is 79.9. The van der Waals surface area contributed by atoms with Crippen LogP contribution in [0.3, 0.4) is 0 Å². The van der Waals surface area contributed by atoms with E-state index < -0.39 is 13.1 Å². The van der Waals surface area contributed by atoms with E-state index in [1.165, 1.54) is 10.4 Å². The molecule has 0 aliphatic heterocycles. The fraction of sp³-hybridized carbons (Fsp3) is 0.409. The van der Waals surface area contributed by atoms with E-state index >= 15 is 0 Å². The van der Waals surface area contributed by atoms with E-state index in [-0.39, 0.29) is 17.1 Å². The maximum absolute atomic E-state index is 12.3. The van der Waals surface area contributed by atoms with Gasteiger partial charge in [0.25, 0.3) is 8.32 Å². The molecule has 0 saturated carbocycles. The monoisotopic (exact) mass is 448 g/mol. The molecule has 0 bridgehead atoms. The van der Waals surface area contributed by atoms with Crippen LogP contribution in [0.2, 0.25) is 5.04 Å². The van der Waals surface area contributed by atoms with E-state index in [9.17, 15) is 4.79 Å². The maximum Gasteiger partial charge on any atom is 0.322 e. The minimum Gasteiger partial charge on any atom is -0.465 e. The molecule has 0 aromatic heterocycles. The number of benzene rings is 2. The zero-order chi connectivity index (χ0) is 20.1. The van der Waals surface area contributed by atoms with Crippen LogP contribution < -0.4 is 10.4 Å². The third-order valence-electron chi connectivity index (χ3n) is 4.70. The Kier molecular flexibility index (Phi) is 7.43. The lowest BCUT2D eigenvalue weighted by molar-refractivity contribution is -0.143. The average Bonchev–Trinajstić information content (AvgIpc) is 2.65. The summed E-state index contributed by atoms with van der Waals surface area (Å²) in [6.45, 7) is 10.8. The predicted molar refractivity (Wildman–Crippen MR) is 118 cm³/mol. The largest absolute Gasteiger partial charge is 0.465 e. The SMILES string of the molecule is CCOC(=O)[C@@H](Br)[C@H](C)O[Si](c1ccccc1)(c1ccccc1)C(C)(C)C. The molecular weight excluding hydrogens is 420 g/mol. The van der Waals surface area contributed by atoms with Crippen molar-refractivity contribution in [1.82, 2.24) is 0 Å². The molecule has 0 aliphatic rings. The van der Waals surface area contributed by atoms with Gasteiger partial charge in [-0.2, -0.15) is 0 Å². The Morgan fingerprint density at radius 1 is 1.00 bits per heavy atom. The lowest BCUT2D eigenvalue weighted by Crippen LogP contribution is -2.68. The van der Waals surface area contributed by atoms with Crippen molar-refractivity contribution >= 4 is 40.6 Å². The standard InChI is InChI=1S/C22H29BrO3Si/c1-6-25-21(24)20(23)17(2)26-27(22(3,4)5,18-13-9-7-10-14-18)19-15-11-8-12-16-19/h7-17,20H,6H2,1-5H3/t17-,20-/m0/s1. The minimum absolute atomic E-state index is 0.134. The summed E-state index contributed by atoms with van der Waals surface area (Å²) in [6, 6.07) is 20.8. The number of halogens is 1. The summed E-state index contributed by atoms with van der Waals surface area (Å²) in [4.78, 5) is 11.7. The van der Waals surface area contributed by atoms with Crippen LogP contribution in [0.5, 0.6) is 0 Å². The van der Waals surface area contributed by atoms with Crippen molar-refractivity contribution in [2.75, 3.05) is 6.61 Å². The fourth-order valence-electron chi connectivity index (χ4n) is 3.44. The smallest absolute Gasteiger partial charge is 0.322 e. The predicted octanol–water partition coefficient (Wildman–Crippen LogP) is 4.28. The molecule has 3 nitrogen and oxygen atoms in total. The molecule has 2 aromatic carbocycles. The Balaban J connectivity index is 2.57. The van der Waals surface area contributed by atoms with Gasteiger partial charge in [0.2, 0.25) is 0 Å². The van der Waals surface area contributed by atoms with Crippen molar-refractivity contribution in [3.05, 3.63) is 60.7 Å². The summed E-state index contributed by atoms with van der Waals surface area (Å²) in [5, 5.41) is 2.25. The first-order valence-corrected chi connectivity index (χ1v) is 12.2. The lowest BCUT2D eigenvalue weighted by atomic mass is 10.2. The van der Waals surface area contributed by atoms with Gasteiger partial charge in [-0.1, -0.05) is 97.4 Å². The van der Waals surface area contributed by atoms with Gasteiger partial charge >= 0.3 is 5.97 Å². The van der Waals surface area contributed by atoms with Crippen LogP contribution in [-0.2, 0) is 14.0 Å². The second-order valence-corrected chi connectivity index (χ2v) is 12.9. The molecule has 2 rings (SSSR count). The Bertz CT molecular complexity index is 689. The second-order valence-electron chi connectivity index (χ2n) is 7.64. The molecule has 2 atom stereocenters. The third-order valence-corrected chi connectivity index (χ3v) is 11.0. The maximum atomic E-state index is 12.3. The molecule has 0 fully saturated rings. The van der Waals surface area contributed by atoms with Gasteiger partial charge in [-0.05, 0) is 29.3 Å². The van der Waals surface area contributed by atoms with Gasteiger partial charge in [0.15, 0.2) is 0 Å². The summed E-state index contributed by atoms with van der Waals surface area (Å²) >= 11 is 3.50. The number of esters is 1. The molecule has 0 aliphatic carbocycles. The van der Waals surface area contributed by atoms with Crippen LogP contribution in [0, 0.1) is 0 Å². The first-order chi connectivity index (χ1) is 12.7. The second kappa shape index (κ2) is 9.17. The van der Waals surface area contributed by atoms with E-state index in [0.29, 0.717) is 6.61 Å². The molecule has 0 heterocycles. The van der Waals surface area contributed by atoms with Crippen molar-refractivity contribution in [1.29, 1.82) is 0 Å². The van der Waals surface area contributed by atoms with E-state index in [4.69, 9.17) is 9.16 Å². The molecule has 0 spiro atoms. The number of rotatable bonds is 7. The van der Waals surface area contributed by atoms with E-state index in [1.54, 1.807) is 0 Å². The molecule has 0 saturated heterocycles.